The molecular formula is C17H25N3O. The van der Waals surface area contributed by atoms with Crippen LogP contribution in [0, 0.1) is 13.8 Å². The molecule has 1 aromatic carbocycles. The van der Waals surface area contributed by atoms with Gasteiger partial charge in [0.15, 0.2) is 0 Å². The van der Waals surface area contributed by atoms with Crippen LogP contribution in [0.1, 0.15) is 30.8 Å². The topological polar surface area (TPSA) is 50.1 Å². The standard InChI is InChI=1S/C17H25N3O/c1-13(2)18-17(12-21,16-8-6-5-7-9-16)11-20-15(4)10-14(3)19-20/h5-10,13,18,21H,11-12H2,1-4H3. The summed E-state index contributed by atoms with van der Waals surface area (Å²) >= 11 is 0. The van der Waals surface area contributed by atoms with E-state index in [4.69, 9.17) is 0 Å². The molecule has 0 spiro atoms. The molecule has 1 unspecified atom stereocenters. The van der Waals surface area contributed by atoms with Gasteiger partial charge >= 0.3 is 0 Å². The smallest absolute Gasteiger partial charge is 0.0869 e. The van der Waals surface area contributed by atoms with Gasteiger partial charge in [-0.25, -0.2) is 0 Å². The molecule has 2 N–H and O–H groups in total. The van der Waals surface area contributed by atoms with Gasteiger partial charge in [-0.2, -0.15) is 5.10 Å². The zero-order valence-corrected chi connectivity index (χ0v) is 13.3. The average molecular weight is 287 g/mol. The molecule has 1 atom stereocenters. The quantitative estimate of drug-likeness (QED) is 0.857. The lowest BCUT2D eigenvalue weighted by Gasteiger charge is -2.36. The van der Waals surface area contributed by atoms with Crippen LogP contribution in [-0.2, 0) is 12.1 Å². The Bertz CT molecular complexity index is 577. The largest absolute Gasteiger partial charge is 0.394 e. The van der Waals surface area contributed by atoms with Crippen LogP contribution in [-0.4, -0.2) is 27.5 Å². The predicted molar refractivity (Wildman–Crippen MR) is 85.2 cm³/mol. The molecule has 0 fully saturated rings. The van der Waals surface area contributed by atoms with Crippen molar-refractivity contribution in [3.8, 4) is 0 Å². The van der Waals surface area contributed by atoms with E-state index in [1.807, 2.05) is 36.7 Å². The number of aliphatic hydroxyl groups is 1. The first kappa shape index (κ1) is 15.7. The Morgan fingerprint density at radius 3 is 2.38 bits per heavy atom. The normalized spacial score (nSPS) is 14.4. The minimum absolute atomic E-state index is 0.0214. The molecule has 21 heavy (non-hydrogen) atoms. The molecule has 0 aliphatic carbocycles. The Balaban J connectivity index is 2.42. The first-order valence-corrected chi connectivity index (χ1v) is 7.42. The van der Waals surface area contributed by atoms with E-state index in [2.05, 4.69) is 42.5 Å². The van der Waals surface area contributed by atoms with E-state index in [0.29, 0.717) is 6.54 Å². The Hall–Kier alpha value is -1.65. The summed E-state index contributed by atoms with van der Waals surface area (Å²) in [5.74, 6) is 0. The van der Waals surface area contributed by atoms with Gasteiger partial charge in [0.2, 0.25) is 0 Å². The van der Waals surface area contributed by atoms with Crippen LogP contribution in [0.5, 0.6) is 0 Å². The monoisotopic (exact) mass is 287 g/mol. The van der Waals surface area contributed by atoms with Crippen molar-refractivity contribution in [1.82, 2.24) is 15.1 Å². The van der Waals surface area contributed by atoms with Crippen molar-refractivity contribution in [1.29, 1.82) is 0 Å². The molecule has 2 rings (SSSR count). The summed E-state index contributed by atoms with van der Waals surface area (Å²) in [6, 6.07) is 12.4. The average Bonchev–Trinajstić information content (AvgIpc) is 2.76. The molecule has 0 aliphatic heterocycles. The van der Waals surface area contributed by atoms with E-state index < -0.39 is 5.54 Å². The summed E-state index contributed by atoms with van der Waals surface area (Å²) in [4.78, 5) is 0. The molecule has 0 bridgehead atoms. The van der Waals surface area contributed by atoms with Crippen LogP contribution in [0.15, 0.2) is 36.4 Å². The lowest BCUT2D eigenvalue weighted by atomic mass is 9.89. The van der Waals surface area contributed by atoms with E-state index >= 15 is 0 Å². The molecule has 1 heterocycles. The maximum absolute atomic E-state index is 10.1. The van der Waals surface area contributed by atoms with Crippen molar-refractivity contribution < 1.29 is 5.11 Å². The van der Waals surface area contributed by atoms with Gasteiger partial charge in [-0.1, -0.05) is 30.3 Å². The second-order valence-electron chi connectivity index (χ2n) is 5.99. The molecule has 2 aromatic rings. The minimum Gasteiger partial charge on any atom is -0.394 e. The summed E-state index contributed by atoms with van der Waals surface area (Å²) in [6.45, 7) is 8.84. The van der Waals surface area contributed by atoms with Crippen LogP contribution >= 0.6 is 0 Å². The van der Waals surface area contributed by atoms with E-state index in [9.17, 15) is 5.11 Å². The highest BCUT2D eigenvalue weighted by Gasteiger charge is 2.33. The molecule has 0 saturated carbocycles. The predicted octanol–water partition coefficient (Wildman–Crippen LogP) is 2.39. The van der Waals surface area contributed by atoms with Gasteiger partial charge in [-0.3, -0.25) is 4.68 Å². The number of benzene rings is 1. The Morgan fingerprint density at radius 1 is 1.24 bits per heavy atom. The molecule has 4 heteroatoms. The second kappa shape index (κ2) is 6.41. The van der Waals surface area contributed by atoms with Crippen LogP contribution in [0.4, 0.5) is 0 Å². The van der Waals surface area contributed by atoms with Crippen molar-refractivity contribution in [2.75, 3.05) is 6.61 Å². The highest BCUT2D eigenvalue weighted by molar-refractivity contribution is 5.25. The first-order chi connectivity index (χ1) is 9.97. The van der Waals surface area contributed by atoms with E-state index in [-0.39, 0.29) is 12.6 Å². The van der Waals surface area contributed by atoms with Gasteiger partial charge in [-0.05, 0) is 39.3 Å². The first-order valence-electron chi connectivity index (χ1n) is 7.42. The highest BCUT2D eigenvalue weighted by atomic mass is 16.3. The second-order valence-corrected chi connectivity index (χ2v) is 5.99. The zero-order chi connectivity index (χ0) is 15.5. The highest BCUT2D eigenvalue weighted by Crippen LogP contribution is 2.24. The van der Waals surface area contributed by atoms with E-state index in [1.54, 1.807) is 0 Å². The third-order valence-electron chi connectivity index (χ3n) is 3.68. The van der Waals surface area contributed by atoms with Crippen LogP contribution in [0.2, 0.25) is 0 Å². The number of hydrogen-bond donors (Lipinski definition) is 2. The number of rotatable bonds is 6. The fraction of sp³-hybridized carbons (Fsp3) is 0.471. The van der Waals surface area contributed by atoms with Gasteiger partial charge in [-0.15, -0.1) is 0 Å². The van der Waals surface area contributed by atoms with Crippen molar-refractivity contribution >= 4 is 0 Å². The van der Waals surface area contributed by atoms with Crippen molar-refractivity contribution in [2.24, 2.45) is 0 Å². The fourth-order valence-electron chi connectivity index (χ4n) is 2.81. The maximum atomic E-state index is 10.1. The van der Waals surface area contributed by atoms with Crippen molar-refractivity contribution in [3.05, 3.63) is 53.3 Å². The van der Waals surface area contributed by atoms with Crippen molar-refractivity contribution in [3.63, 3.8) is 0 Å². The van der Waals surface area contributed by atoms with Crippen molar-refractivity contribution in [2.45, 2.75) is 45.8 Å². The number of aliphatic hydroxyl groups excluding tert-OH is 1. The minimum atomic E-state index is -0.529. The molecule has 0 radical (unpaired) electrons. The molecular weight excluding hydrogens is 262 g/mol. The van der Waals surface area contributed by atoms with Gasteiger partial charge in [0.1, 0.15) is 0 Å². The van der Waals surface area contributed by atoms with Gasteiger partial charge in [0.05, 0.1) is 24.4 Å². The Labute approximate surface area is 126 Å². The number of nitrogens with zero attached hydrogens (tertiary/aromatic N) is 2. The molecule has 0 saturated heterocycles. The Kier molecular flexibility index (Phi) is 4.80. The molecule has 0 aliphatic rings. The summed E-state index contributed by atoms with van der Waals surface area (Å²) in [7, 11) is 0. The SMILES string of the molecule is Cc1cc(C)n(CC(CO)(NC(C)C)c2ccccc2)n1. The fourth-order valence-corrected chi connectivity index (χ4v) is 2.81. The number of aryl methyl sites for hydroxylation is 2. The van der Waals surface area contributed by atoms with Crippen LogP contribution in [0.25, 0.3) is 0 Å². The summed E-state index contributed by atoms with van der Waals surface area (Å²) < 4.78 is 1.97. The van der Waals surface area contributed by atoms with Gasteiger partial charge < -0.3 is 10.4 Å². The number of hydrogen-bond acceptors (Lipinski definition) is 3. The molecule has 4 nitrogen and oxygen atoms in total. The zero-order valence-electron chi connectivity index (χ0n) is 13.3. The van der Waals surface area contributed by atoms with Gasteiger partial charge in [0, 0.05) is 11.7 Å². The summed E-state index contributed by atoms with van der Waals surface area (Å²) in [5.41, 5.74) is 2.65. The van der Waals surface area contributed by atoms with Crippen LogP contribution in [0.3, 0.4) is 0 Å². The molecule has 114 valence electrons. The third-order valence-corrected chi connectivity index (χ3v) is 3.68. The Morgan fingerprint density at radius 2 is 1.90 bits per heavy atom. The molecule has 0 amide bonds. The summed E-state index contributed by atoms with van der Waals surface area (Å²) in [5, 5.41) is 18.2. The van der Waals surface area contributed by atoms with Gasteiger partial charge in [0.25, 0.3) is 0 Å². The van der Waals surface area contributed by atoms with E-state index in [0.717, 1.165) is 17.0 Å². The summed E-state index contributed by atoms with van der Waals surface area (Å²) in [6.07, 6.45) is 0. The lowest BCUT2D eigenvalue weighted by Crippen LogP contribution is -2.52. The lowest BCUT2D eigenvalue weighted by molar-refractivity contribution is 0.128. The van der Waals surface area contributed by atoms with Crippen LogP contribution < -0.4 is 5.32 Å². The maximum Gasteiger partial charge on any atom is 0.0869 e. The van der Waals surface area contributed by atoms with E-state index in [1.165, 1.54) is 0 Å². The number of nitrogens with one attached hydrogen (secondary N) is 1. The number of aromatic nitrogens is 2. The third kappa shape index (κ3) is 3.52. The molecule has 1 aromatic heterocycles.